The molecule has 19 heavy (non-hydrogen) atoms. The third-order valence-electron chi connectivity index (χ3n) is 2.92. The van der Waals surface area contributed by atoms with Crippen molar-refractivity contribution in [1.29, 1.82) is 0 Å². The van der Waals surface area contributed by atoms with E-state index < -0.39 is 22.5 Å². The van der Waals surface area contributed by atoms with E-state index >= 15 is 0 Å². The second-order valence-corrected chi connectivity index (χ2v) is 4.79. The summed E-state index contributed by atoms with van der Waals surface area (Å²) < 4.78 is 67.3. The van der Waals surface area contributed by atoms with Crippen LogP contribution in [0.5, 0.6) is 0 Å². The standard InChI is InChI=1S/C12H13ClF5N/c1-3-7-6-8(4-5-9(7)19)11(16,10(2,14)15)12(13,17)18/h4-6H,3,19H2,1-2H3. The normalized spacial score (nSPS) is 16.2. The number of aryl methyl sites for hydroxylation is 1. The SMILES string of the molecule is CCc1cc(C(F)(C(C)(F)F)C(F)(F)Cl)ccc1N. The molecule has 1 atom stereocenters. The summed E-state index contributed by atoms with van der Waals surface area (Å²) in [5.74, 6) is -4.36. The number of nitrogen functional groups attached to an aromatic ring is 1. The second-order valence-electron chi connectivity index (χ2n) is 4.31. The Balaban J connectivity index is 3.52. The first-order valence-corrected chi connectivity index (χ1v) is 5.85. The predicted octanol–water partition coefficient (Wildman–Crippen LogP) is 4.48. The number of benzene rings is 1. The summed E-state index contributed by atoms with van der Waals surface area (Å²) in [4.78, 5) is 0. The molecule has 108 valence electrons. The highest BCUT2D eigenvalue weighted by molar-refractivity contribution is 6.22. The smallest absolute Gasteiger partial charge is 0.365 e. The number of rotatable bonds is 4. The molecule has 7 heteroatoms. The molecule has 0 heterocycles. The van der Waals surface area contributed by atoms with Crippen molar-refractivity contribution < 1.29 is 22.0 Å². The minimum absolute atomic E-state index is 0.0608. The molecule has 0 saturated heterocycles. The summed E-state index contributed by atoms with van der Waals surface area (Å²) >= 11 is 4.58. The van der Waals surface area contributed by atoms with Gasteiger partial charge in [0.1, 0.15) is 0 Å². The Kier molecular flexibility index (Phi) is 4.06. The van der Waals surface area contributed by atoms with Crippen molar-refractivity contribution in [2.45, 2.75) is 37.2 Å². The van der Waals surface area contributed by atoms with E-state index in [-0.39, 0.29) is 12.6 Å². The lowest BCUT2D eigenvalue weighted by Gasteiger charge is -2.34. The van der Waals surface area contributed by atoms with Crippen LogP contribution in [0.4, 0.5) is 27.6 Å². The van der Waals surface area contributed by atoms with Crippen molar-refractivity contribution >= 4 is 17.3 Å². The van der Waals surface area contributed by atoms with Gasteiger partial charge in [-0.2, -0.15) is 8.78 Å². The molecule has 1 nitrogen and oxygen atoms in total. The first-order chi connectivity index (χ1) is 8.45. The molecule has 0 radical (unpaired) electrons. The highest BCUT2D eigenvalue weighted by Crippen LogP contribution is 2.53. The summed E-state index contributed by atoms with van der Waals surface area (Å²) in [6.45, 7) is 1.70. The summed E-state index contributed by atoms with van der Waals surface area (Å²) in [6.07, 6.45) is 0.291. The topological polar surface area (TPSA) is 26.0 Å². The number of hydrogen-bond donors (Lipinski definition) is 1. The van der Waals surface area contributed by atoms with E-state index in [9.17, 15) is 22.0 Å². The lowest BCUT2D eigenvalue weighted by Crippen LogP contribution is -2.50. The van der Waals surface area contributed by atoms with Gasteiger partial charge in [0, 0.05) is 18.2 Å². The molecular weight excluding hydrogens is 289 g/mol. The highest BCUT2D eigenvalue weighted by Gasteiger charge is 2.68. The van der Waals surface area contributed by atoms with Gasteiger partial charge < -0.3 is 5.73 Å². The van der Waals surface area contributed by atoms with Crippen molar-refractivity contribution in [1.82, 2.24) is 0 Å². The van der Waals surface area contributed by atoms with Crippen molar-refractivity contribution in [3.05, 3.63) is 29.3 Å². The fraction of sp³-hybridized carbons (Fsp3) is 0.500. The predicted molar refractivity (Wildman–Crippen MR) is 64.4 cm³/mol. The average molecular weight is 302 g/mol. The van der Waals surface area contributed by atoms with Crippen molar-refractivity contribution in [2.24, 2.45) is 0 Å². The minimum atomic E-state index is -4.76. The second kappa shape index (κ2) is 4.81. The van der Waals surface area contributed by atoms with Gasteiger partial charge in [0.2, 0.25) is 0 Å². The zero-order valence-electron chi connectivity index (χ0n) is 10.3. The maximum absolute atomic E-state index is 14.3. The molecule has 2 N–H and O–H groups in total. The molecule has 0 spiro atoms. The van der Waals surface area contributed by atoms with E-state index in [0.29, 0.717) is 12.0 Å². The molecule has 1 aromatic carbocycles. The van der Waals surface area contributed by atoms with Crippen molar-refractivity contribution in [2.75, 3.05) is 5.73 Å². The van der Waals surface area contributed by atoms with E-state index in [1.54, 1.807) is 6.92 Å². The van der Waals surface area contributed by atoms with Crippen LogP contribution in [-0.2, 0) is 12.1 Å². The average Bonchev–Trinajstić information content (AvgIpc) is 2.25. The molecular formula is C12H13ClF5N. The van der Waals surface area contributed by atoms with Gasteiger partial charge in [0.25, 0.3) is 11.6 Å². The maximum atomic E-state index is 14.3. The van der Waals surface area contributed by atoms with Crippen LogP contribution in [0.3, 0.4) is 0 Å². The highest BCUT2D eigenvalue weighted by atomic mass is 35.5. The molecule has 0 aliphatic carbocycles. The van der Waals surface area contributed by atoms with E-state index in [4.69, 9.17) is 5.73 Å². The Morgan fingerprint density at radius 3 is 2.05 bits per heavy atom. The van der Waals surface area contributed by atoms with Crippen LogP contribution in [-0.4, -0.2) is 11.3 Å². The Morgan fingerprint density at radius 1 is 1.16 bits per heavy atom. The van der Waals surface area contributed by atoms with E-state index in [2.05, 4.69) is 11.6 Å². The third kappa shape index (κ3) is 2.63. The van der Waals surface area contributed by atoms with Crippen LogP contribution in [0.1, 0.15) is 25.0 Å². The minimum Gasteiger partial charge on any atom is -0.399 e. The number of halogens is 6. The first kappa shape index (κ1) is 16.0. The molecule has 1 aromatic rings. The molecule has 0 aliphatic heterocycles. The number of anilines is 1. The van der Waals surface area contributed by atoms with Gasteiger partial charge >= 0.3 is 5.38 Å². The van der Waals surface area contributed by atoms with Gasteiger partial charge in [-0.25, -0.2) is 13.2 Å². The molecule has 1 unspecified atom stereocenters. The van der Waals surface area contributed by atoms with Crippen molar-refractivity contribution in [3.63, 3.8) is 0 Å². The molecule has 0 bridgehead atoms. The van der Waals surface area contributed by atoms with Gasteiger partial charge in [0.15, 0.2) is 0 Å². The van der Waals surface area contributed by atoms with Crippen LogP contribution in [0, 0.1) is 0 Å². The van der Waals surface area contributed by atoms with Gasteiger partial charge in [-0.05, 0) is 29.7 Å². The fourth-order valence-corrected chi connectivity index (χ4v) is 2.07. The van der Waals surface area contributed by atoms with E-state index in [0.717, 1.165) is 18.2 Å². The quantitative estimate of drug-likeness (QED) is 0.495. The summed E-state index contributed by atoms with van der Waals surface area (Å²) in [6, 6.07) is 2.79. The summed E-state index contributed by atoms with van der Waals surface area (Å²) in [5.41, 5.74) is 0.837. The van der Waals surface area contributed by atoms with E-state index in [1.807, 2.05) is 0 Å². The Labute approximate surface area is 112 Å². The van der Waals surface area contributed by atoms with Crippen LogP contribution >= 0.6 is 11.6 Å². The first-order valence-electron chi connectivity index (χ1n) is 5.47. The van der Waals surface area contributed by atoms with Gasteiger partial charge in [0.05, 0.1) is 0 Å². The molecule has 0 fully saturated rings. The molecule has 0 saturated carbocycles. The molecule has 0 aromatic heterocycles. The van der Waals surface area contributed by atoms with Gasteiger partial charge in [-0.3, -0.25) is 0 Å². The summed E-state index contributed by atoms with van der Waals surface area (Å²) in [5, 5.41) is -4.76. The molecule has 0 amide bonds. The maximum Gasteiger partial charge on any atom is 0.365 e. The molecule has 1 rings (SSSR count). The number of alkyl halides is 6. The van der Waals surface area contributed by atoms with Crippen LogP contribution in [0.25, 0.3) is 0 Å². The van der Waals surface area contributed by atoms with Gasteiger partial charge in [-0.1, -0.05) is 19.1 Å². The Hall–Kier alpha value is -1.04. The lowest BCUT2D eigenvalue weighted by atomic mass is 9.88. The van der Waals surface area contributed by atoms with Gasteiger partial charge in [-0.15, -0.1) is 0 Å². The fourth-order valence-electron chi connectivity index (χ4n) is 1.79. The molecule has 0 aliphatic rings. The number of hydrogen-bond acceptors (Lipinski definition) is 1. The van der Waals surface area contributed by atoms with Crippen molar-refractivity contribution in [3.8, 4) is 0 Å². The monoisotopic (exact) mass is 301 g/mol. The van der Waals surface area contributed by atoms with Crippen LogP contribution in [0.15, 0.2) is 18.2 Å². The lowest BCUT2D eigenvalue weighted by molar-refractivity contribution is -0.212. The Bertz CT molecular complexity index is 450. The van der Waals surface area contributed by atoms with Crippen LogP contribution < -0.4 is 5.73 Å². The Morgan fingerprint density at radius 2 is 1.68 bits per heavy atom. The zero-order chi connectivity index (χ0) is 15.1. The third-order valence-corrected chi connectivity index (χ3v) is 3.18. The summed E-state index contributed by atoms with van der Waals surface area (Å²) in [7, 11) is 0. The van der Waals surface area contributed by atoms with E-state index in [1.165, 1.54) is 0 Å². The number of nitrogens with two attached hydrogens (primary N) is 1. The zero-order valence-corrected chi connectivity index (χ0v) is 11.0. The van der Waals surface area contributed by atoms with Crippen LogP contribution in [0.2, 0.25) is 0 Å². The largest absolute Gasteiger partial charge is 0.399 e.